The van der Waals surface area contributed by atoms with Crippen LogP contribution >= 0.6 is 0 Å². The fourth-order valence-electron chi connectivity index (χ4n) is 3.75. The van der Waals surface area contributed by atoms with Gasteiger partial charge in [-0.3, -0.25) is 4.79 Å². The maximum absolute atomic E-state index is 12.9. The minimum atomic E-state index is -0.0711. The largest absolute Gasteiger partial charge is 0.372 e. The van der Waals surface area contributed by atoms with Crippen molar-refractivity contribution in [1.82, 2.24) is 0 Å². The molecule has 0 N–H and O–H groups in total. The van der Waals surface area contributed by atoms with Gasteiger partial charge in [-0.05, 0) is 74.6 Å². The van der Waals surface area contributed by atoms with Gasteiger partial charge in [-0.15, -0.1) is 0 Å². The van der Waals surface area contributed by atoms with E-state index in [-0.39, 0.29) is 5.91 Å². The van der Waals surface area contributed by atoms with E-state index in [1.807, 2.05) is 43.3 Å². The average Bonchev–Trinajstić information content (AvgIpc) is 2.99. The van der Waals surface area contributed by atoms with E-state index in [0.29, 0.717) is 5.57 Å². The summed E-state index contributed by atoms with van der Waals surface area (Å²) in [4.78, 5) is 15.3. The molecule has 4 rings (SSSR count). The highest BCUT2D eigenvalue weighted by Crippen LogP contribution is 2.27. The lowest BCUT2D eigenvalue weighted by Crippen LogP contribution is -2.29. The summed E-state index contributed by atoms with van der Waals surface area (Å²) in [5, 5.41) is 5.95. The summed E-state index contributed by atoms with van der Waals surface area (Å²) in [5.74, 6) is -0.0711. The number of aryl methyl sites for hydroxylation is 1. The molecule has 27 heavy (non-hydrogen) atoms. The molecule has 4 nitrogen and oxygen atoms in total. The topological polar surface area (TPSA) is 35.9 Å². The van der Waals surface area contributed by atoms with Gasteiger partial charge >= 0.3 is 0 Å². The van der Waals surface area contributed by atoms with Crippen molar-refractivity contribution in [2.24, 2.45) is 5.10 Å². The molecule has 0 bridgehead atoms. The molecule has 1 fully saturated rings. The predicted octanol–water partition coefficient (Wildman–Crippen LogP) is 4.79. The number of benzene rings is 2. The van der Waals surface area contributed by atoms with Crippen molar-refractivity contribution in [2.45, 2.75) is 33.1 Å². The molecule has 2 aromatic rings. The maximum atomic E-state index is 12.9. The number of carbonyl (C=O) groups is 1. The van der Waals surface area contributed by atoms with Gasteiger partial charge in [0.15, 0.2) is 0 Å². The number of rotatable bonds is 3. The number of nitrogens with zero attached hydrogens (tertiary/aromatic N) is 3. The van der Waals surface area contributed by atoms with E-state index < -0.39 is 0 Å². The van der Waals surface area contributed by atoms with Gasteiger partial charge in [0.2, 0.25) is 0 Å². The van der Waals surface area contributed by atoms with Crippen LogP contribution < -0.4 is 9.91 Å². The van der Waals surface area contributed by atoms with Crippen LogP contribution in [0.2, 0.25) is 0 Å². The monoisotopic (exact) mass is 359 g/mol. The molecule has 4 heteroatoms. The van der Waals surface area contributed by atoms with E-state index in [2.05, 4.69) is 35.1 Å². The van der Waals surface area contributed by atoms with Crippen LogP contribution in [0.1, 0.15) is 37.3 Å². The predicted molar refractivity (Wildman–Crippen MR) is 112 cm³/mol. The second-order valence-electron chi connectivity index (χ2n) is 7.28. The quantitative estimate of drug-likeness (QED) is 0.739. The Bertz CT molecular complexity index is 908. The molecule has 138 valence electrons. The minimum absolute atomic E-state index is 0.0711. The van der Waals surface area contributed by atoms with Gasteiger partial charge in [-0.1, -0.05) is 24.3 Å². The number of hydrazone groups is 1. The van der Waals surface area contributed by atoms with Crippen molar-refractivity contribution >= 4 is 29.1 Å². The zero-order valence-electron chi connectivity index (χ0n) is 16.0. The third-order valence-electron chi connectivity index (χ3n) is 5.34. The highest BCUT2D eigenvalue weighted by Gasteiger charge is 2.28. The van der Waals surface area contributed by atoms with Crippen molar-refractivity contribution in [3.05, 3.63) is 65.2 Å². The van der Waals surface area contributed by atoms with Crippen LogP contribution in [-0.2, 0) is 4.79 Å². The summed E-state index contributed by atoms with van der Waals surface area (Å²) in [6, 6.07) is 16.1. The fraction of sp³-hybridized carbons (Fsp3) is 0.304. The summed E-state index contributed by atoms with van der Waals surface area (Å²) in [7, 11) is 0. The average molecular weight is 359 g/mol. The second kappa shape index (κ2) is 7.39. The van der Waals surface area contributed by atoms with Gasteiger partial charge in [-0.2, -0.15) is 10.1 Å². The molecule has 2 aliphatic rings. The lowest BCUT2D eigenvalue weighted by atomic mass is 10.0. The number of carbonyl (C=O) groups excluding carboxylic acids is 1. The van der Waals surface area contributed by atoms with Crippen molar-refractivity contribution in [2.75, 3.05) is 23.0 Å². The molecule has 0 atom stereocenters. The van der Waals surface area contributed by atoms with E-state index in [0.717, 1.165) is 30.1 Å². The third-order valence-corrected chi connectivity index (χ3v) is 5.34. The maximum Gasteiger partial charge on any atom is 0.280 e. The Hall–Kier alpha value is -2.88. The number of hydrogen-bond acceptors (Lipinski definition) is 3. The zero-order chi connectivity index (χ0) is 18.8. The van der Waals surface area contributed by atoms with E-state index in [9.17, 15) is 4.79 Å². The molecular formula is C23H25N3O. The van der Waals surface area contributed by atoms with Crippen LogP contribution in [0.5, 0.6) is 0 Å². The first-order chi connectivity index (χ1) is 13.1. The number of para-hydroxylation sites is 1. The molecule has 1 saturated heterocycles. The Morgan fingerprint density at radius 1 is 0.926 bits per heavy atom. The minimum Gasteiger partial charge on any atom is -0.372 e. The van der Waals surface area contributed by atoms with Crippen LogP contribution in [0.3, 0.4) is 0 Å². The molecule has 2 aromatic carbocycles. The molecule has 0 aliphatic carbocycles. The number of anilines is 2. The molecule has 2 heterocycles. The molecular weight excluding hydrogens is 334 g/mol. The van der Waals surface area contributed by atoms with E-state index in [1.54, 1.807) is 0 Å². The first kappa shape index (κ1) is 17.5. The van der Waals surface area contributed by atoms with E-state index in [4.69, 9.17) is 0 Å². The Morgan fingerprint density at radius 2 is 1.67 bits per heavy atom. The van der Waals surface area contributed by atoms with Crippen molar-refractivity contribution in [3.8, 4) is 0 Å². The van der Waals surface area contributed by atoms with Gasteiger partial charge in [-0.25, -0.2) is 0 Å². The normalized spacial score (nSPS) is 19.0. The third kappa shape index (κ3) is 3.52. The van der Waals surface area contributed by atoms with Crippen LogP contribution in [0.25, 0.3) is 6.08 Å². The van der Waals surface area contributed by atoms with Crippen LogP contribution in [0, 0.1) is 6.92 Å². The van der Waals surface area contributed by atoms with Gasteiger partial charge in [0, 0.05) is 18.8 Å². The highest BCUT2D eigenvalue weighted by molar-refractivity contribution is 6.32. The van der Waals surface area contributed by atoms with Gasteiger partial charge in [0.25, 0.3) is 5.91 Å². The summed E-state index contributed by atoms with van der Waals surface area (Å²) in [6.45, 7) is 6.27. The molecule has 2 aliphatic heterocycles. The van der Waals surface area contributed by atoms with Crippen molar-refractivity contribution < 1.29 is 4.79 Å². The lowest BCUT2D eigenvalue weighted by Gasteiger charge is -2.29. The molecule has 1 amide bonds. The van der Waals surface area contributed by atoms with E-state index >= 15 is 0 Å². The van der Waals surface area contributed by atoms with Crippen LogP contribution in [0.15, 0.2) is 59.2 Å². The summed E-state index contributed by atoms with van der Waals surface area (Å²) < 4.78 is 0. The van der Waals surface area contributed by atoms with Crippen molar-refractivity contribution in [1.29, 1.82) is 0 Å². The number of amides is 1. The van der Waals surface area contributed by atoms with Gasteiger partial charge in [0.05, 0.1) is 17.0 Å². The summed E-state index contributed by atoms with van der Waals surface area (Å²) in [6.07, 6.45) is 5.84. The highest BCUT2D eigenvalue weighted by atomic mass is 16.2. The lowest BCUT2D eigenvalue weighted by molar-refractivity contribution is -0.114. The zero-order valence-corrected chi connectivity index (χ0v) is 16.0. The van der Waals surface area contributed by atoms with Crippen LogP contribution in [0.4, 0.5) is 11.4 Å². The van der Waals surface area contributed by atoms with E-state index in [1.165, 1.54) is 35.5 Å². The fourth-order valence-corrected chi connectivity index (χ4v) is 3.75. The first-order valence-electron chi connectivity index (χ1n) is 9.66. The van der Waals surface area contributed by atoms with Gasteiger partial charge in [0.1, 0.15) is 0 Å². The molecule has 0 unspecified atom stereocenters. The van der Waals surface area contributed by atoms with Crippen LogP contribution in [-0.4, -0.2) is 24.7 Å². The Morgan fingerprint density at radius 3 is 2.37 bits per heavy atom. The van der Waals surface area contributed by atoms with Gasteiger partial charge < -0.3 is 4.90 Å². The standard InChI is InChI=1S/C23H25N3O/c1-17-15-21(25-13-7-4-8-14-25)12-11-19(17)16-22-18(2)24-26(23(22)27)20-9-5-3-6-10-20/h3,5-6,9-12,15-16H,4,7-8,13-14H2,1-2H3/b22-16-. The molecule has 0 aromatic heterocycles. The number of hydrogen-bond donors (Lipinski definition) is 0. The smallest absolute Gasteiger partial charge is 0.280 e. The molecule has 0 spiro atoms. The number of piperidine rings is 1. The Kier molecular flexibility index (Phi) is 4.80. The Balaban J connectivity index is 1.60. The molecule has 0 saturated carbocycles. The second-order valence-corrected chi connectivity index (χ2v) is 7.28. The Labute approximate surface area is 160 Å². The first-order valence-corrected chi connectivity index (χ1v) is 9.66. The summed E-state index contributed by atoms with van der Waals surface area (Å²) in [5.41, 5.74) is 5.75. The summed E-state index contributed by atoms with van der Waals surface area (Å²) >= 11 is 0. The molecule has 0 radical (unpaired) electrons. The SMILES string of the molecule is CC1=NN(c2ccccc2)C(=O)/C1=C\c1ccc(N2CCCCC2)cc1C. The van der Waals surface area contributed by atoms with Crippen molar-refractivity contribution in [3.63, 3.8) is 0 Å².